The molecule has 0 radical (unpaired) electrons. The summed E-state index contributed by atoms with van der Waals surface area (Å²) in [5.41, 5.74) is 0. The summed E-state index contributed by atoms with van der Waals surface area (Å²) in [4.78, 5) is 0. The van der Waals surface area contributed by atoms with Crippen LogP contribution in [0.25, 0.3) is 0 Å². The number of allylic oxidation sites excluding steroid dienone is 1. The third-order valence-corrected chi connectivity index (χ3v) is 5.54. The number of nitrogens with zero attached hydrogens (tertiary/aromatic N) is 1. The molecule has 1 aliphatic carbocycles. The molecule has 0 aromatic heterocycles. The van der Waals surface area contributed by atoms with Gasteiger partial charge in [-0.15, -0.1) is 6.58 Å². The van der Waals surface area contributed by atoms with Crippen LogP contribution in [0.3, 0.4) is 0 Å². The van der Waals surface area contributed by atoms with Crippen molar-refractivity contribution in [3.05, 3.63) is 12.7 Å². The van der Waals surface area contributed by atoms with Gasteiger partial charge in [-0.05, 0) is 31.6 Å². The molecule has 1 saturated carbocycles. The highest BCUT2D eigenvalue weighted by atomic mass is 32.2. The molecule has 1 saturated heterocycles. The van der Waals surface area contributed by atoms with Crippen molar-refractivity contribution < 1.29 is 8.42 Å². The molecule has 0 aromatic carbocycles. The molecule has 0 N–H and O–H groups in total. The van der Waals surface area contributed by atoms with Gasteiger partial charge in [-0.1, -0.05) is 6.08 Å². The second kappa shape index (κ2) is 3.66. The maximum Gasteiger partial charge on any atom is 0.216 e. The largest absolute Gasteiger partial charge is 0.216 e. The quantitative estimate of drug-likeness (QED) is 0.667. The van der Waals surface area contributed by atoms with Gasteiger partial charge in [-0.2, -0.15) is 0 Å². The van der Waals surface area contributed by atoms with Gasteiger partial charge in [0.1, 0.15) is 0 Å². The van der Waals surface area contributed by atoms with Crippen LogP contribution in [0.5, 0.6) is 0 Å². The fourth-order valence-corrected chi connectivity index (χ4v) is 3.82. The molecule has 80 valence electrons. The van der Waals surface area contributed by atoms with Crippen molar-refractivity contribution in [1.82, 2.24) is 4.31 Å². The Labute approximate surface area is 85.8 Å². The van der Waals surface area contributed by atoms with Gasteiger partial charge >= 0.3 is 0 Å². The van der Waals surface area contributed by atoms with Crippen LogP contribution >= 0.6 is 0 Å². The zero-order valence-electron chi connectivity index (χ0n) is 8.35. The molecule has 0 atom stereocenters. The summed E-state index contributed by atoms with van der Waals surface area (Å²) in [6, 6.07) is 0. The maximum absolute atomic E-state index is 11.8. The monoisotopic (exact) mass is 215 g/mol. The van der Waals surface area contributed by atoms with E-state index >= 15 is 0 Å². The summed E-state index contributed by atoms with van der Waals surface area (Å²) in [5, 5.41) is -0.0530. The van der Waals surface area contributed by atoms with E-state index < -0.39 is 10.0 Å². The van der Waals surface area contributed by atoms with Gasteiger partial charge in [0, 0.05) is 13.1 Å². The standard InChI is InChI=1S/C10H17NO2S/c1-2-9-5-7-11(8-6-9)14(12,13)10-3-4-10/h2,9-10H,1,3-8H2. The molecule has 0 bridgehead atoms. The summed E-state index contributed by atoms with van der Waals surface area (Å²) < 4.78 is 25.4. The average molecular weight is 215 g/mol. The topological polar surface area (TPSA) is 37.4 Å². The Morgan fingerprint density at radius 2 is 1.71 bits per heavy atom. The first-order valence-corrected chi connectivity index (χ1v) is 6.76. The molecule has 0 spiro atoms. The van der Waals surface area contributed by atoms with Gasteiger partial charge in [0.15, 0.2) is 0 Å². The van der Waals surface area contributed by atoms with Crippen LogP contribution in [0.2, 0.25) is 0 Å². The highest BCUT2D eigenvalue weighted by Gasteiger charge is 2.40. The van der Waals surface area contributed by atoms with E-state index in [1.165, 1.54) is 0 Å². The van der Waals surface area contributed by atoms with Gasteiger partial charge in [0.25, 0.3) is 0 Å². The van der Waals surface area contributed by atoms with Crippen molar-refractivity contribution in [3.63, 3.8) is 0 Å². The Bertz CT molecular complexity index is 311. The molecule has 2 aliphatic rings. The molecular formula is C10H17NO2S. The zero-order valence-corrected chi connectivity index (χ0v) is 9.17. The lowest BCUT2D eigenvalue weighted by molar-refractivity contribution is 0.305. The molecule has 1 heterocycles. The first-order chi connectivity index (χ1) is 6.64. The number of hydrogen-bond acceptors (Lipinski definition) is 2. The minimum atomic E-state index is -2.92. The minimum absolute atomic E-state index is 0.0530. The first kappa shape index (κ1) is 10.2. The Hall–Kier alpha value is -0.350. The van der Waals surface area contributed by atoms with Crippen LogP contribution in [-0.2, 0) is 10.0 Å². The number of sulfonamides is 1. The van der Waals surface area contributed by atoms with E-state index in [-0.39, 0.29) is 5.25 Å². The SMILES string of the molecule is C=CC1CCN(S(=O)(=O)C2CC2)CC1. The van der Waals surface area contributed by atoms with Crippen LogP contribution in [0.4, 0.5) is 0 Å². The molecule has 14 heavy (non-hydrogen) atoms. The van der Waals surface area contributed by atoms with Crippen LogP contribution < -0.4 is 0 Å². The van der Waals surface area contributed by atoms with E-state index in [4.69, 9.17) is 0 Å². The summed E-state index contributed by atoms with van der Waals surface area (Å²) in [5.74, 6) is 0.514. The van der Waals surface area contributed by atoms with Crippen molar-refractivity contribution >= 4 is 10.0 Å². The third-order valence-electron chi connectivity index (χ3n) is 3.14. The molecular weight excluding hydrogens is 198 g/mol. The molecule has 1 aliphatic heterocycles. The number of rotatable bonds is 3. The van der Waals surface area contributed by atoms with E-state index in [0.717, 1.165) is 25.7 Å². The third kappa shape index (κ3) is 1.86. The fraction of sp³-hybridized carbons (Fsp3) is 0.800. The van der Waals surface area contributed by atoms with Crippen LogP contribution in [0.15, 0.2) is 12.7 Å². The van der Waals surface area contributed by atoms with E-state index in [1.807, 2.05) is 6.08 Å². The fourth-order valence-electron chi connectivity index (χ4n) is 1.94. The van der Waals surface area contributed by atoms with E-state index in [1.54, 1.807) is 4.31 Å². The van der Waals surface area contributed by atoms with E-state index in [9.17, 15) is 8.42 Å². The summed E-state index contributed by atoms with van der Waals surface area (Å²) in [7, 11) is -2.92. The lowest BCUT2D eigenvalue weighted by atomic mass is 9.99. The molecule has 2 fully saturated rings. The van der Waals surface area contributed by atoms with Gasteiger partial charge in [-0.25, -0.2) is 12.7 Å². The summed E-state index contributed by atoms with van der Waals surface area (Å²) in [6.07, 6.45) is 5.55. The van der Waals surface area contributed by atoms with Gasteiger partial charge in [-0.3, -0.25) is 0 Å². The van der Waals surface area contributed by atoms with Gasteiger partial charge in [0.2, 0.25) is 10.0 Å². The molecule has 0 amide bonds. The van der Waals surface area contributed by atoms with Crippen molar-refractivity contribution in [3.8, 4) is 0 Å². The van der Waals surface area contributed by atoms with Crippen molar-refractivity contribution in [2.24, 2.45) is 5.92 Å². The number of hydrogen-bond donors (Lipinski definition) is 0. The zero-order chi connectivity index (χ0) is 10.2. The summed E-state index contributed by atoms with van der Waals surface area (Å²) >= 11 is 0. The minimum Gasteiger partial charge on any atom is -0.212 e. The van der Waals surface area contributed by atoms with E-state index in [2.05, 4.69) is 6.58 Å². The van der Waals surface area contributed by atoms with Gasteiger partial charge < -0.3 is 0 Å². The summed E-state index contributed by atoms with van der Waals surface area (Å²) in [6.45, 7) is 5.13. The van der Waals surface area contributed by atoms with Crippen LogP contribution in [0, 0.1) is 5.92 Å². The number of piperidine rings is 1. The predicted molar refractivity (Wildman–Crippen MR) is 56.4 cm³/mol. The highest BCUT2D eigenvalue weighted by Crippen LogP contribution is 2.33. The van der Waals surface area contributed by atoms with Crippen molar-refractivity contribution in [2.75, 3.05) is 13.1 Å². The van der Waals surface area contributed by atoms with Crippen molar-refractivity contribution in [1.29, 1.82) is 0 Å². The van der Waals surface area contributed by atoms with E-state index in [0.29, 0.717) is 19.0 Å². The molecule has 0 unspecified atom stereocenters. The Kier molecular flexibility index (Phi) is 2.66. The Balaban J connectivity index is 1.97. The predicted octanol–water partition coefficient (Wildman–Crippen LogP) is 1.38. The van der Waals surface area contributed by atoms with Crippen LogP contribution in [0.1, 0.15) is 25.7 Å². The second-order valence-corrected chi connectivity index (χ2v) is 6.43. The maximum atomic E-state index is 11.8. The Morgan fingerprint density at radius 1 is 1.14 bits per heavy atom. The first-order valence-electron chi connectivity index (χ1n) is 5.26. The normalized spacial score (nSPS) is 26.3. The van der Waals surface area contributed by atoms with Crippen molar-refractivity contribution in [2.45, 2.75) is 30.9 Å². The lowest BCUT2D eigenvalue weighted by Gasteiger charge is -2.29. The molecule has 2 rings (SSSR count). The molecule has 3 nitrogen and oxygen atoms in total. The van der Waals surface area contributed by atoms with Crippen LogP contribution in [-0.4, -0.2) is 31.1 Å². The Morgan fingerprint density at radius 3 is 2.14 bits per heavy atom. The molecule has 4 heteroatoms. The lowest BCUT2D eigenvalue weighted by Crippen LogP contribution is -2.39. The average Bonchev–Trinajstić information content (AvgIpc) is 3.01. The second-order valence-electron chi connectivity index (χ2n) is 4.22. The van der Waals surface area contributed by atoms with Gasteiger partial charge in [0.05, 0.1) is 5.25 Å². The smallest absolute Gasteiger partial charge is 0.212 e. The highest BCUT2D eigenvalue weighted by molar-refractivity contribution is 7.90. The molecule has 0 aromatic rings.